The Morgan fingerprint density at radius 3 is 2.17 bits per heavy atom. The zero-order chi connectivity index (χ0) is 29.9. The van der Waals surface area contributed by atoms with Crippen molar-refractivity contribution in [3.8, 4) is 5.75 Å². The van der Waals surface area contributed by atoms with Crippen LogP contribution in [-0.4, -0.2) is 80.1 Å². The van der Waals surface area contributed by atoms with Crippen LogP contribution in [0.5, 0.6) is 5.75 Å². The Morgan fingerprint density at radius 1 is 0.929 bits per heavy atom. The van der Waals surface area contributed by atoms with Crippen molar-refractivity contribution in [2.75, 3.05) is 57.3 Å². The topological polar surface area (TPSA) is 65.1 Å². The number of halogens is 1. The number of carbonyl (C=O) groups excluding carboxylic acids is 2. The molecule has 0 bridgehead atoms. The molecule has 1 saturated carbocycles. The lowest BCUT2D eigenvalue weighted by molar-refractivity contribution is 0.0535. The summed E-state index contributed by atoms with van der Waals surface area (Å²) in [5, 5.41) is 3.30. The monoisotopic (exact) mass is 578 g/mol. The van der Waals surface area contributed by atoms with Crippen LogP contribution in [0.25, 0.3) is 0 Å². The molecule has 2 aliphatic heterocycles. The van der Waals surface area contributed by atoms with E-state index >= 15 is 0 Å². The third-order valence-corrected chi connectivity index (χ3v) is 9.40. The average Bonchev–Trinajstić information content (AvgIpc) is 3.01. The number of anilines is 1. The Kier molecular flexibility index (Phi) is 9.41. The van der Waals surface area contributed by atoms with E-state index in [1.165, 1.54) is 12.1 Å². The summed E-state index contributed by atoms with van der Waals surface area (Å²) in [5.74, 6) is 0.683. The van der Waals surface area contributed by atoms with Crippen LogP contribution in [0, 0.1) is 11.2 Å². The first-order chi connectivity index (χ1) is 20.1. The van der Waals surface area contributed by atoms with Crippen molar-refractivity contribution < 1.29 is 18.7 Å². The Labute approximate surface area is 250 Å². The minimum absolute atomic E-state index is 0.0127. The summed E-state index contributed by atoms with van der Waals surface area (Å²) in [6.45, 7) is 13.9. The molecule has 2 aromatic rings. The van der Waals surface area contributed by atoms with Gasteiger partial charge in [0.05, 0.1) is 6.10 Å². The van der Waals surface area contributed by atoms with Crippen molar-refractivity contribution in [2.45, 2.75) is 71.8 Å². The molecular formula is C34H47FN4O3. The number of piperazine rings is 2. The lowest BCUT2D eigenvalue weighted by Gasteiger charge is -2.36. The quantitative estimate of drug-likeness (QED) is 0.457. The van der Waals surface area contributed by atoms with Crippen molar-refractivity contribution in [3.63, 3.8) is 0 Å². The minimum atomic E-state index is -0.402. The number of amides is 2. The number of hydrogen-bond donors (Lipinski definition) is 1. The Hall–Kier alpha value is -3.13. The lowest BCUT2D eigenvalue weighted by atomic mass is 9.71. The van der Waals surface area contributed by atoms with E-state index in [4.69, 9.17) is 4.74 Å². The first-order valence-electron chi connectivity index (χ1n) is 15.8. The van der Waals surface area contributed by atoms with Crippen LogP contribution in [0.2, 0.25) is 0 Å². The molecule has 0 spiro atoms. The van der Waals surface area contributed by atoms with Crippen LogP contribution in [0.1, 0.15) is 92.0 Å². The Bertz CT molecular complexity index is 1260. The van der Waals surface area contributed by atoms with Gasteiger partial charge in [-0.3, -0.25) is 9.59 Å². The summed E-state index contributed by atoms with van der Waals surface area (Å²) in [6.07, 6.45) is 5.56. The first kappa shape index (κ1) is 30.3. The summed E-state index contributed by atoms with van der Waals surface area (Å²) in [7, 11) is 0. The molecule has 5 rings (SSSR count). The highest BCUT2D eigenvalue weighted by Gasteiger charge is 2.31. The molecule has 0 aromatic heterocycles. The van der Waals surface area contributed by atoms with Gasteiger partial charge in [0.1, 0.15) is 11.6 Å². The molecule has 42 heavy (non-hydrogen) atoms. The third kappa shape index (κ3) is 7.08. The molecular weight excluding hydrogens is 531 g/mol. The maximum Gasteiger partial charge on any atom is 0.254 e. The van der Waals surface area contributed by atoms with Gasteiger partial charge >= 0.3 is 0 Å². The zero-order valence-corrected chi connectivity index (χ0v) is 25.8. The van der Waals surface area contributed by atoms with Gasteiger partial charge in [0.25, 0.3) is 11.8 Å². The van der Waals surface area contributed by atoms with Crippen LogP contribution in [0.15, 0.2) is 36.4 Å². The SMILES string of the molecule is CC[C@@H](C)Oc1ccc(C(=O)N2CCN(C(=O)c3cc(F)cc(N4CCNCC4)c3)CC2)cc1C1CCC(C)(C)CC1. The van der Waals surface area contributed by atoms with Gasteiger partial charge in [0, 0.05) is 69.2 Å². The minimum Gasteiger partial charge on any atom is -0.490 e. The van der Waals surface area contributed by atoms with Crippen molar-refractivity contribution in [3.05, 3.63) is 58.9 Å². The van der Waals surface area contributed by atoms with E-state index in [0.717, 1.165) is 75.3 Å². The fourth-order valence-corrected chi connectivity index (χ4v) is 6.40. The molecule has 2 aromatic carbocycles. The van der Waals surface area contributed by atoms with Gasteiger partial charge in [0.2, 0.25) is 0 Å². The summed E-state index contributed by atoms with van der Waals surface area (Å²) < 4.78 is 20.8. The highest BCUT2D eigenvalue weighted by atomic mass is 19.1. The van der Waals surface area contributed by atoms with Gasteiger partial charge in [-0.2, -0.15) is 0 Å². The van der Waals surface area contributed by atoms with Crippen LogP contribution >= 0.6 is 0 Å². The number of nitrogens with zero attached hydrogens (tertiary/aromatic N) is 3. The highest BCUT2D eigenvalue weighted by Crippen LogP contribution is 2.45. The van der Waals surface area contributed by atoms with Gasteiger partial charge in [-0.1, -0.05) is 20.8 Å². The predicted molar refractivity (Wildman–Crippen MR) is 165 cm³/mol. The highest BCUT2D eigenvalue weighted by molar-refractivity contribution is 5.96. The third-order valence-electron chi connectivity index (χ3n) is 9.40. The van der Waals surface area contributed by atoms with E-state index < -0.39 is 5.82 Å². The largest absolute Gasteiger partial charge is 0.490 e. The molecule has 1 atom stereocenters. The molecule has 0 unspecified atom stereocenters. The van der Waals surface area contributed by atoms with E-state index in [1.54, 1.807) is 11.0 Å². The molecule has 1 aliphatic carbocycles. The molecule has 8 heteroatoms. The molecule has 2 heterocycles. The van der Waals surface area contributed by atoms with E-state index in [1.807, 2.05) is 17.0 Å². The fraction of sp³-hybridized carbons (Fsp3) is 0.588. The smallest absolute Gasteiger partial charge is 0.254 e. The molecule has 7 nitrogen and oxygen atoms in total. The predicted octanol–water partition coefficient (Wildman–Crippen LogP) is 5.69. The molecule has 0 radical (unpaired) electrons. The first-order valence-corrected chi connectivity index (χ1v) is 15.8. The second kappa shape index (κ2) is 13.0. The summed E-state index contributed by atoms with van der Waals surface area (Å²) in [5.41, 5.74) is 3.29. The standard InChI is InChI=1S/C34H47FN4O3/c1-5-24(2)42-31-7-6-26(22-30(31)25-8-10-34(3,4)11-9-25)32(40)38-16-18-39(19-17-38)33(41)27-20-28(35)23-29(21-27)37-14-12-36-13-15-37/h6-7,20-25,36H,5,8-19H2,1-4H3/t24-/m1/s1. The number of hydrogen-bond acceptors (Lipinski definition) is 5. The number of nitrogens with one attached hydrogen (secondary N) is 1. The average molecular weight is 579 g/mol. The van der Waals surface area contributed by atoms with Gasteiger partial charge < -0.3 is 24.8 Å². The molecule has 2 amide bonds. The van der Waals surface area contributed by atoms with E-state index in [0.29, 0.717) is 48.6 Å². The van der Waals surface area contributed by atoms with Gasteiger partial charge in [-0.15, -0.1) is 0 Å². The molecule has 2 saturated heterocycles. The van der Waals surface area contributed by atoms with Crippen LogP contribution in [0.4, 0.5) is 10.1 Å². The maximum absolute atomic E-state index is 14.5. The Balaban J connectivity index is 1.26. The molecule has 1 N–H and O–H groups in total. The number of rotatable bonds is 7. The number of carbonyl (C=O) groups is 2. The fourth-order valence-electron chi connectivity index (χ4n) is 6.40. The molecule has 228 valence electrons. The maximum atomic E-state index is 14.5. The van der Waals surface area contributed by atoms with Gasteiger partial charge in [-0.05, 0) is 92.3 Å². The van der Waals surface area contributed by atoms with Gasteiger partial charge in [0.15, 0.2) is 0 Å². The van der Waals surface area contributed by atoms with Crippen LogP contribution in [-0.2, 0) is 0 Å². The number of ether oxygens (including phenoxy) is 1. The molecule has 3 fully saturated rings. The normalized spacial score (nSPS) is 20.4. The second-order valence-electron chi connectivity index (χ2n) is 13.0. The van der Waals surface area contributed by atoms with Crippen molar-refractivity contribution in [2.24, 2.45) is 5.41 Å². The van der Waals surface area contributed by atoms with Crippen LogP contribution in [0.3, 0.4) is 0 Å². The second-order valence-corrected chi connectivity index (χ2v) is 13.0. The van der Waals surface area contributed by atoms with Crippen molar-refractivity contribution in [1.82, 2.24) is 15.1 Å². The summed E-state index contributed by atoms with van der Waals surface area (Å²) >= 11 is 0. The van der Waals surface area contributed by atoms with Crippen molar-refractivity contribution in [1.29, 1.82) is 0 Å². The van der Waals surface area contributed by atoms with E-state index in [-0.39, 0.29) is 17.9 Å². The number of benzene rings is 2. The van der Waals surface area contributed by atoms with E-state index in [9.17, 15) is 14.0 Å². The molecule has 3 aliphatic rings. The Morgan fingerprint density at radius 2 is 1.55 bits per heavy atom. The van der Waals surface area contributed by atoms with E-state index in [2.05, 4.69) is 44.0 Å². The zero-order valence-electron chi connectivity index (χ0n) is 25.8. The van der Waals surface area contributed by atoms with Gasteiger partial charge in [-0.25, -0.2) is 4.39 Å². The van der Waals surface area contributed by atoms with Crippen LogP contribution < -0.4 is 15.0 Å². The summed E-state index contributed by atoms with van der Waals surface area (Å²) in [4.78, 5) is 32.7. The summed E-state index contributed by atoms with van der Waals surface area (Å²) in [6, 6.07) is 10.5. The van der Waals surface area contributed by atoms with Crippen molar-refractivity contribution >= 4 is 17.5 Å². The lowest BCUT2D eigenvalue weighted by Crippen LogP contribution is -2.50.